The highest BCUT2D eigenvalue weighted by Gasteiger charge is 2.46. The van der Waals surface area contributed by atoms with E-state index in [1.54, 1.807) is 6.07 Å². The average Bonchev–Trinajstić information content (AvgIpc) is 3.35. The Hall–Kier alpha value is -2.09. The standard InChI is InChI=1S/C14H13ClF2N4O2/c1-22-13-9(5-18-14(19-13)23-2)10-4-7(11(15)21-20-10)6-3-8(6)12(16)17/h4-6,8,12H,3H2,1-2H3/t6-,8+/m1/s1. The zero-order valence-electron chi connectivity index (χ0n) is 12.3. The monoisotopic (exact) mass is 342 g/mol. The van der Waals surface area contributed by atoms with Crippen LogP contribution in [0.4, 0.5) is 8.78 Å². The predicted molar refractivity (Wildman–Crippen MR) is 78.0 cm³/mol. The Balaban J connectivity index is 1.98. The molecule has 1 aliphatic carbocycles. The molecule has 0 spiro atoms. The molecule has 9 heteroatoms. The van der Waals surface area contributed by atoms with Crippen LogP contribution in [0.25, 0.3) is 11.3 Å². The Bertz CT molecular complexity index is 732. The van der Waals surface area contributed by atoms with Crippen molar-refractivity contribution in [3.05, 3.63) is 23.0 Å². The minimum atomic E-state index is -2.37. The first-order valence-electron chi connectivity index (χ1n) is 6.81. The van der Waals surface area contributed by atoms with Gasteiger partial charge in [0, 0.05) is 12.1 Å². The van der Waals surface area contributed by atoms with Crippen LogP contribution < -0.4 is 9.47 Å². The SMILES string of the molecule is COc1ncc(-c2cc([C@H]3C[C@@H]3C(F)F)c(Cl)nn2)c(OC)n1. The second-order valence-electron chi connectivity index (χ2n) is 5.10. The summed E-state index contributed by atoms with van der Waals surface area (Å²) in [6.45, 7) is 0. The molecule has 2 aromatic rings. The van der Waals surface area contributed by atoms with Crippen LogP contribution in [0.15, 0.2) is 12.3 Å². The summed E-state index contributed by atoms with van der Waals surface area (Å²) in [5, 5.41) is 7.97. The van der Waals surface area contributed by atoms with Crippen molar-refractivity contribution in [2.24, 2.45) is 5.92 Å². The maximum absolute atomic E-state index is 12.8. The number of aromatic nitrogens is 4. The molecule has 1 saturated carbocycles. The van der Waals surface area contributed by atoms with Gasteiger partial charge in [-0.2, -0.15) is 4.98 Å². The molecule has 3 rings (SSSR count). The van der Waals surface area contributed by atoms with E-state index >= 15 is 0 Å². The highest BCUT2D eigenvalue weighted by Crippen LogP contribution is 2.52. The summed E-state index contributed by atoms with van der Waals surface area (Å²) in [5.74, 6) is -0.735. The molecule has 23 heavy (non-hydrogen) atoms. The van der Waals surface area contributed by atoms with E-state index in [2.05, 4.69) is 20.2 Å². The number of alkyl halides is 2. The molecule has 2 heterocycles. The fraction of sp³-hybridized carbons (Fsp3) is 0.429. The molecule has 0 unspecified atom stereocenters. The summed E-state index contributed by atoms with van der Waals surface area (Å²) in [4.78, 5) is 8.07. The number of hydrogen-bond acceptors (Lipinski definition) is 6. The zero-order valence-corrected chi connectivity index (χ0v) is 13.1. The minimum Gasteiger partial charge on any atom is -0.480 e. The second kappa shape index (κ2) is 6.19. The quantitative estimate of drug-likeness (QED) is 0.832. The van der Waals surface area contributed by atoms with Crippen molar-refractivity contribution < 1.29 is 18.3 Å². The highest BCUT2D eigenvalue weighted by atomic mass is 35.5. The Morgan fingerprint density at radius 3 is 2.65 bits per heavy atom. The molecule has 1 fully saturated rings. The van der Waals surface area contributed by atoms with Gasteiger partial charge in [0.1, 0.15) is 5.69 Å². The molecule has 1 aliphatic rings. The lowest BCUT2D eigenvalue weighted by molar-refractivity contribution is 0.120. The van der Waals surface area contributed by atoms with Crippen LogP contribution in [0.5, 0.6) is 11.9 Å². The first-order valence-corrected chi connectivity index (χ1v) is 7.19. The second-order valence-corrected chi connectivity index (χ2v) is 5.45. The van der Waals surface area contributed by atoms with Crippen LogP contribution in [0.1, 0.15) is 17.9 Å². The smallest absolute Gasteiger partial charge is 0.319 e. The number of nitrogens with zero attached hydrogens (tertiary/aromatic N) is 4. The average molecular weight is 343 g/mol. The number of methoxy groups -OCH3 is 2. The molecule has 0 N–H and O–H groups in total. The van der Waals surface area contributed by atoms with Crippen LogP contribution in [-0.4, -0.2) is 40.8 Å². The van der Waals surface area contributed by atoms with E-state index in [9.17, 15) is 8.78 Å². The van der Waals surface area contributed by atoms with Crippen molar-refractivity contribution in [2.45, 2.75) is 18.8 Å². The maximum Gasteiger partial charge on any atom is 0.319 e. The summed E-state index contributed by atoms with van der Waals surface area (Å²) in [6.07, 6.45) is -0.505. The lowest BCUT2D eigenvalue weighted by Crippen LogP contribution is -2.01. The third-order valence-corrected chi connectivity index (χ3v) is 4.02. The van der Waals surface area contributed by atoms with E-state index in [0.717, 1.165) is 0 Å². The number of halogens is 3. The van der Waals surface area contributed by atoms with E-state index in [-0.39, 0.29) is 23.0 Å². The normalized spacial score (nSPS) is 19.7. The van der Waals surface area contributed by atoms with Gasteiger partial charge >= 0.3 is 6.01 Å². The fourth-order valence-electron chi connectivity index (χ4n) is 2.41. The van der Waals surface area contributed by atoms with E-state index in [4.69, 9.17) is 21.1 Å². The van der Waals surface area contributed by atoms with Crippen LogP contribution >= 0.6 is 11.6 Å². The van der Waals surface area contributed by atoms with Gasteiger partial charge in [0.15, 0.2) is 5.15 Å². The van der Waals surface area contributed by atoms with Crippen molar-refractivity contribution in [1.29, 1.82) is 0 Å². The van der Waals surface area contributed by atoms with E-state index in [0.29, 0.717) is 23.2 Å². The van der Waals surface area contributed by atoms with Crippen molar-refractivity contribution >= 4 is 11.6 Å². The van der Waals surface area contributed by atoms with Crippen LogP contribution in [0.3, 0.4) is 0 Å². The molecule has 0 radical (unpaired) electrons. The molecule has 0 aromatic carbocycles. The fourth-order valence-corrected chi connectivity index (χ4v) is 2.65. The molecular formula is C14H13ClF2N4O2. The van der Waals surface area contributed by atoms with Crippen LogP contribution in [-0.2, 0) is 0 Å². The van der Waals surface area contributed by atoms with Crippen molar-refractivity contribution in [1.82, 2.24) is 20.2 Å². The predicted octanol–water partition coefficient (Wildman–Crippen LogP) is 2.97. The minimum absolute atomic E-state index is 0.135. The summed E-state index contributed by atoms with van der Waals surface area (Å²) in [5.41, 5.74) is 1.44. The lowest BCUT2D eigenvalue weighted by Gasteiger charge is -2.09. The van der Waals surface area contributed by atoms with Gasteiger partial charge in [-0.25, -0.2) is 13.8 Å². The molecule has 2 aromatic heterocycles. The van der Waals surface area contributed by atoms with Crippen LogP contribution in [0, 0.1) is 5.92 Å². The Labute approximate surface area is 135 Å². The first-order chi connectivity index (χ1) is 11.0. The summed E-state index contributed by atoms with van der Waals surface area (Å²) >= 11 is 6.01. The van der Waals surface area contributed by atoms with Gasteiger partial charge in [-0.3, -0.25) is 0 Å². The number of hydrogen-bond donors (Lipinski definition) is 0. The molecule has 0 aliphatic heterocycles. The molecule has 0 amide bonds. The van der Waals surface area contributed by atoms with Crippen molar-refractivity contribution in [2.75, 3.05) is 14.2 Å². The summed E-state index contributed by atoms with van der Waals surface area (Å²) in [6, 6.07) is 1.78. The maximum atomic E-state index is 12.8. The van der Waals surface area contributed by atoms with Gasteiger partial charge in [-0.05, 0) is 24.0 Å². The van der Waals surface area contributed by atoms with E-state index in [1.807, 2.05) is 0 Å². The molecule has 0 saturated heterocycles. The Morgan fingerprint density at radius 1 is 1.26 bits per heavy atom. The van der Waals surface area contributed by atoms with Gasteiger partial charge < -0.3 is 9.47 Å². The zero-order chi connectivity index (χ0) is 16.6. The number of ether oxygens (including phenoxy) is 2. The van der Waals surface area contributed by atoms with Crippen molar-refractivity contribution in [3.8, 4) is 23.1 Å². The topological polar surface area (TPSA) is 70.0 Å². The molecule has 0 bridgehead atoms. The molecular weight excluding hydrogens is 330 g/mol. The highest BCUT2D eigenvalue weighted by molar-refractivity contribution is 6.30. The molecule has 6 nitrogen and oxygen atoms in total. The number of rotatable bonds is 5. The molecule has 2 atom stereocenters. The van der Waals surface area contributed by atoms with Crippen LogP contribution in [0.2, 0.25) is 5.15 Å². The molecule has 122 valence electrons. The van der Waals surface area contributed by atoms with Gasteiger partial charge in [0.05, 0.1) is 19.8 Å². The van der Waals surface area contributed by atoms with Gasteiger partial charge in [-0.1, -0.05) is 11.6 Å². The Kier molecular flexibility index (Phi) is 4.25. The van der Waals surface area contributed by atoms with Gasteiger partial charge in [0.25, 0.3) is 0 Å². The van der Waals surface area contributed by atoms with E-state index in [1.165, 1.54) is 20.4 Å². The van der Waals surface area contributed by atoms with Gasteiger partial charge in [-0.15, -0.1) is 10.2 Å². The van der Waals surface area contributed by atoms with Crippen molar-refractivity contribution in [3.63, 3.8) is 0 Å². The largest absolute Gasteiger partial charge is 0.480 e. The Morgan fingerprint density at radius 2 is 2.04 bits per heavy atom. The first kappa shape index (κ1) is 15.8. The van der Waals surface area contributed by atoms with Gasteiger partial charge in [0.2, 0.25) is 12.3 Å². The summed E-state index contributed by atoms with van der Waals surface area (Å²) in [7, 11) is 2.88. The third kappa shape index (κ3) is 3.03. The lowest BCUT2D eigenvalue weighted by atomic mass is 10.1. The summed E-state index contributed by atoms with van der Waals surface area (Å²) < 4.78 is 35.7. The van der Waals surface area contributed by atoms with E-state index < -0.39 is 12.3 Å². The third-order valence-electron chi connectivity index (χ3n) is 3.72.